The van der Waals surface area contributed by atoms with Crippen LogP contribution in [0.1, 0.15) is 12.8 Å². The minimum absolute atomic E-state index is 0.162. The van der Waals surface area contributed by atoms with E-state index in [0.717, 1.165) is 11.7 Å². The molecule has 0 amide bonds. The third-order valence-electron chi connectivity index (χ3n) is 2.82. The van der Waals surface area contributed by atoms with E-state index in [9.17, 15) is 9.18 Å². The molecule has 1 fully saturated rings. The van der Waals surface area contributed by atoms with E-state index in [-0.39, 0.29) is 11.1 Å². The van der Waals surface area contributed by atoms with Crippen LogP contribution in [0.2, 0.25) is 0 Å². The van der Waals surface area contributed by atoms with Gasteiger partial charge in [-0.05, 0) is 30.9 Å². The lowest BCUT2D eigenvalue weighted by atomic mass is 10.2. The second-order valence-corrected chi connectivity index (χ2v) is 5.27. The van der Waals surface area contributed by atoms with Crippen LogP contribution in [0.5, 0.6) is 0 Å². The normalized spacial score (nSPS) is 15.4. The quantitative estimate of drug-likeness (QED) is 0.672. The molecule has 1 N–H and O–H groups in total. The van der Waals surface area contributed by atoms with E-state index in [1.165, 1.54) is 36.7 Å². The summed E-state index contributed by atoms with van der Waals surface area (Å²) in [4.78, 5) is 18.6. The average Bonchev–Trinajstić information content (AvgIpc) is 3.12. The fraction of sp³-hybridized carbons (Fsp3) is 0.333. The van der Waals surface area contributed by atoms with Crippen LogP contribution < -0.4 is 5.56 Å². The van der Waals surface area contributed by atoms with Crippen LogP contribution in [0.4, 0.5) is 4.39 Å². The molecule has 0 saturated heterocycles. The van der Waals surface area contributed by atoms with Crippen molar-refractivity contribution in [2.45, 2.75) is 18.0 Å². The van der Waals surface area contributed by atoms with E-state index in [0.29, 0.717) is 10.5 Å². The molecule has 0 aliphatic heterocycles. The highest BCUT2D eigenvalue weighted by Crippen LogP contribution is 2.34. The summed E-state index contributed by atoms with van der Waals surface area (Å²) in [6, 6.07) is 4.43. The Morgan fingerprint density at radius 3 is 3.06 bits per heavy atom. The lowest BCUT2D eigenvalue weighted by Gasteiger charge is -2.02. The third kappa shape index (κ3) is 2.20. The molecule has 5 heteroatoms. The molecule has 1 saturated carbocycles. The van der Waals surface area contributed by atoms with Crippen molar-refractivity contribution in [2.24, 2.45) is 5.92 Å². The number of rotatable bonds is 3. The van der Waals surface area contributed by atoms with Gasteiger partial charge < -0.3 is 4.98 Å². The van der Waals surface area contributed by atoms with Crippen LogP contribution >= 0.6 is 11.8 Å². The molecule has 1 aliphatic rings. The fourth-order valence-corrected chi connectivity index (χ4v) is 2.70. The third-order valence-corrected chi connectivity index (χ3v) is 3.92. The van der Waals surface area contributed by atoms with Crippen LogP contribution in [-0.2, 0) is 0 Å². The van der Waals surface area contributed by atoms with E-state index in [4.69, 9.17) is 0 Å². The predicted octanol–water partition coefficient (Wildman–Crippen LogP) is 2.56. The second kappa shape index (κ2) is 4.14. The minimum Gasteiger partial charge on any atom is -0.301 e. The molecule has 3 nitrogen and oxygen atoms in total. The van der Waals surface area contributed by atoms with Gasteiger partial charge in [0.1, 0.15) is 11.3 Å². The van der Waals surface area contributed by atoms with Gasteiger partial charge in [0, 0.05) is 5.75 Å². The number of hydrogen-bond acceptors (Lipinski definition) is 3. The molecule has 0 unspecified atom stereocenters. The molecule has 3 rings (SSSR count). The molecular weight excluding hydrogens is 239 g/mol. The smallest absolute Gasteiger partial charge is 0.259 e. The molecule has 1 aliphatic carbocycles. The zero-order valence-corrected chi connectivity index (χ0v) is 9.89. The van der Waals surface area contributed by atoms with Crippen molar-refractivity contribution in [1.82, 2.24) is 9.97 Å². The summed E-state index contributed by atoms with van der Waals surface area (Å²) in [6.45, 7) is 0. The van der Waals surface area contributed by atoms with Gasteiger partial charge in [-0.1, -0.05) is 17.8 Å². The van der Waals surface area contributed by atoms with Crippen molar-refractivity contribution >= 4 is 22.7 Å². The molecule has 2 aromatic rings. The van der Waals surface area contributed by atoms with Gasteiger partial charge in [-0.25, -0.2) is 9.37 Å². The molecule has 1 aromatic carbocycles. The van der Waals surface area contributed by atoms with E-state index in [2.05, 4.69) is 9.97 Å². The van der Waals surface area contributed by atoms with Crippen molar-refractivity contribution in [3.05, 3.63) is 34.4 Å². The maximum Gasteiger partial charge on any atom is 0.259 e. The molecule has 0 atom stereocenters. The summed E-state index contributed by atoms with van der Waals surface area (Å²) in [5, 5.41) is 0.820. The first kappa shape index (κ1) is 10.8. The molecular formula is C12H11FN2OS. The van der Waals surface area contributed by atoms with Gasteiger partial charge in [0.25, 0.3) is 5.56 Å². The lowest BCUT2D eigenvalue weighted by Crippen LogP contribution is -2.10. The van der Waals surface area contributed by atoms with Crippen molar-refractivity contribution in [3.63, 3.8) is 0 Å². The van der Waals surface area contributed by atoms with Gasteiger partial charge in [0.2, 0.25) is 0 Å². The Labute approximate surface area is 101 Å². The summed E-state index contributed by atoms with van der Waals surface area (Å²) in [6.07, 6.45) is 2.50. The number of H-pyrrole nitrogens is 1. The van der Waals surface area contributed by atoms with Gasteiger partial charge in [-0.15, -0.1) is 0 Å². The Hall–Kier alpha value is -1.36. The number of para-hydroxylation sites is 1. The van der Waals surface area contributed by atoms with Gasteiger partial charge in [-0.3, -0.25) is 4.79 Å². The van der Waals surface area contributed by atoms with Crippen molar-refractivity contribution < 1.29 is 4.39 Å². The minimum atomic E-state index is -0.443. The van der Waals surface area contributed by atoms with Crippen LogP contribution in [0.15, 0.2) is 28.2 Å². The fourth-order valence-electron chi connectivity index (χ4n) is 1.66. The summed E-state index contributed by atoms with van der Waals surface area (Å²) in [7, 11) is 0. The standard InChI is InChI=1S/C12H11FN2OS/c13-9-3-1-2-8-10(9)14-12(15-11(8)16)17-6-7-4-5-7/h1-3,7H,4-6H2,(H,14,15,16). The number of aromatic amines is 1. The number of thioether (sulfide) groups is 1. The van der Waals surface area contributed by atoms with Crippen molar-refractivity contribution in [2.75, 3.05) is 5.75 Å². The Kier molecular flexibility index (Phi) is 2.63. The maximum absolute atomic E-state index is 13.5. The summed E-state index contributed by atoms with van der Waals surface area (Å²) in [5.41, 5.74) is -0.109. The molecule has 1 heterocycles. The van der Waals surface area contributed by atoms with Crippen molar-refractivity contribution in [3.8, 4) is 0 Å². The zero-order chi connectivity index (χ0) is 11.8. The van der Waals surface area contributed by atoms with E-state index in [1.807, 2.05) is 0 Å². The first-order chi connectivity index (χ1) is 8.24. The highest BCUT2D eigenvalue weighted by molar-refractivity contribution is 7.99. The molecule has 88 valence electrons. The predicted molar refractivity (Wildman–Crippen MR) is 65.8 cm³/mol. The summed E-state index contributed by atoms with van der Waals surface area (Å²) < 4.78 is 13.5. The zero-order valence-electron chi connectivity index (χ0n) is 9.07. The second-order valence-electron chi connectivity index (χ2n) is 4.26. The monoisotopic (exact) mass is 250 g/mol. The van der Waals surface area contributed by atoms with E-state index in [1.54, 1.807) is 6.07 Å². The first-order valence-corrected chi connectivity index (χ1v) is 6.54. The van der Waals surface area contributed by atoms with Crippen LogP contribution in [0, 0.1) is 11.7 Å². The first-order valence-electron chi connectivity index (χ1n) is 5.55. The number of nitrogens with zero attached hydrogens (tertiary/aromatic N) is 1. The average molecular weight is 250 g/mol. The van der Waals surface area contributed by atoms with Crippen LogP contribution in [0.25, 0.3) is 10.9 Å². The Morgan fingerprint density at radius 1 is 1.47 bits per heavy atom. The Balaban J connectivity index is 2.02. The van der Waals surface area contributed by atoms with E-state index < -0.39 is 5.82 Å². The molecule has 17 heavy (non-hydrogen) atoms. The van der Waals surface area contributed by atoms with Gasteiger partial charge >= 0.3 is 0 Å². The van der Waals surface area contributed by atoms with Crippen molar-refractivity contribution in [1.29, 1.82) is 0 Å². The van der Waals surface area contributed by atoms with Gasteiger partial charge in [0.15, 0.2) is 5.16 Å². The number of nitrogens with one attached hydrogen (secondary N) is 1. The number of hydrogen-bond donors (Lipinski definition) is 1. The van der Waals surface area contributed by atoms with Crippen LogP contribution in [-0.4, -0.2) is 15.7 Å². The molecule has 0 bridgehead atoms. The SMILES string of the molecule is O=c1[nH]c(SCC2CC2)nc2c(F)cccc12. The lowest BCUT2D eigenvalue weighted by molar-refractivity contribution is 0.634. The highest BCUT2D eigenvalue weighted by Gasteiger charge is 2.21. The number of halogens is 1. The number of aromatic nitrogens is 2. The van der Waals surface area contributed by atoms with E-state index >= 15 is 0 Å². The number of fused-ring (bicyclic) bond motifs is 1. The van der Waals surface area contributed by atoms with Crippen LogP contribution in [0.3, 0.4) is 0 Å². The number of benzene rings is 1. The van der Waals surface area contributed by atoms with Gasteiger partial charge in [-0.2, -0.15) is 0 Å². The Morgan fingerprint density at radius 2 is 2.29 bits per heavy atom. The molecule has 1 aromatic heterocycles. The summed E-state index contributed by atoms with van der Waals surface area (Å²) in [5.74, 6) is 1.24. The summed E-state index contributed by atoms with van der Waals surface area (Å²) >= 11 is 1.50. The van der Waals surface area contributed by atoms with Gasteiger partial charge in [0.05, 0.1) is 5.39 Å². The topological polar surface area (TPSA) is 45.8 Å². The molecule has 0 spiro atoms. The largest absolute Gasteiger partial charge is 0.301 e. The Bertz CT molecular complexity index is 621. The maximum atomic E-state index is 13.5. The molecule has 0 radical (unpaired) electrons. The highest BCUT2D eigenvalue weighted by atomic mass is 32.2.